The Bertz CT molecular complexity index is 1070. The largest absolute Gasteiger partial charge is 0.310 e. The van der Waals surface area contributed by atoms with Crippen molar-refractivity contribution in [2.24, 2.45) is 16.8 Å². The Labute approximate surface area is 175 Å². The van der Waals surface area contributed by atoms with Crippen LogP contribution in [-0.2, 0) is 9.59 Å². The lowest BCUT2D eigenvalue weighted by Gasteiger charge is -2.36. The number of aryl methyl sites for hydroxylation is 1. The molecular weight excluding hydrogens is 381 g/mol. The molecule has 0 fully saturated rings. The zero-order chi connectivity index (χ0) is 21.4. The van der Waals surface area contributed by atoms with Crippen LogP contribution in [0.1, 0.15) is 43.7 Å². The van der Waals surface area contributed by atoms with Crippen LogP contribution in [0.15, 0.2) is 58.9 Å². The first kappa shape index (κ1) is 20.1. The number of nitrogens with one attached hydrogen (secondary N) is 1. The van der Waals surface area contributed by atoms with E-state index in [0.717, 1.165) is 11.3 Å². The van der Waals surface area contributed by atoms with E-state index in [1.54, 1.807) is 31.3 Å². The molecule has 2 heterocycles. The summed E-state index contributed by atoms with van der Waals surface area (Å²) in [5, 5.41) is 2.84. The second-order valence-corrected chi connectivity index (χ2v) is 8.27. The second kappa shape index (κ2) is 7.94. The summed E-state index contributed by atoms with van der Waals surface area (Å²) in [6.45, 7) is 5.73. The molecule has 4 rings (SSSR count). The number of hydrogen-bond acceptors (Lipinski definition) is 4. The fourth-order valence-electron chi connectivity index (χ4n) is 4.39. The molecule has 1 aromatic heterocycles. The summed E-state index contributed by atoms with van der Waals surface area (Å²) in [4.78, 5) is 35.2. The van der Waals surface area contributed by atoms with E-state index in [9.17, 15) is 14.0 Å². The maximum atomic E-state index is 14.1. The first-order chi connectivity index (χ1) is 14.3. The van der Waals surface area contributed by atoms with Gasteiger partial charge >= 0.3 is 0 Å². The molecule has 5 nitrogen and oxygen atoms in total. The Hall–Kier alpha value is -3.15. The number of carbonyl (C=O) groups is 2. The number of ketones is 1. The highest BCUT2D eigenvalue weighted by Crippen LogP contribution is 2.44. The number of aliphatic imine (C=N–C) groups is 1. The fourth-order valence-corrected chi connectivity index (χ4v) is 4.39. The maximum Gasteiger partial charge on any atom is 0.235 e. The van der Waals surface area contributed by atoms with Gasteiger partial charge in [-0.15, -0.1) is 0 Å². The van der Waals surface area contributed by atoms with Crippen LogP contribution >= 0.6 is 0 Å². The number of Topliss-reactive ketones (excluding diaryl/α,β-unsaturated/α-hetero) is 1. The lowest BCUT2D eigenvalue weighted by atomic mass is 9.70. The number of rotatable bonds is 3. The van der Waals surface area contributed by atoms with E-state index in [4.69, 9.17) is 0 Å². The van der Waals surface area contributed by atoms with Crippen LogP contribution in [0.4, 0.5) is 10.2 Å². The number of hydrogen-bond donors (Lipinski definition) is 1. The number of pyridine rings is 1. The van der Waals surface area contributed by atoms with E-state index in [0.29, 0.717) is 35.5 Å². The molecule has 3 atom stereocenters. The molecule has 1 N–H and O–H groups in total. The van der Waals surface area contributed by atoms with Crippen LogP contribution in [0.25, 0.3) is 0 Å². The van der Waals surface area contributed by atoms with Crippen LogP contribution in [0.5, 0.6) is 0 Å². The Morgan fingerprint density at radius 3 is 2.67 bits per heavy atom. The number of anilines is 1. The lowest BCUT2D eigenvalue weighted by molar-refractivity contribution is -0.119. The van der Waals surface area contributed by atoms with Crippen LogP contribution in [0, 0.1) is 24.6 Å². The van der Waals surface area contributed by atoms with Crippen molar-refractivity contribution in [3.05, 3.63) is 70.8 Å². The molecule has 6 heteroatoms. The molecule has 1 aliphatic carbocycles. The molecule has 1 aromatic carbocycles. The SMILES string of the molecule is CC1=NC2=C(C(=O)C[C@@H](C)C2)[C@H](c2cccc(F)c2)C1C(=O)Nc1ccc(C)cn1. The number of aromatic nitrogens is 1. The third-order valence-corrected chi connectivity index (χ3v) is 5.75. The van der Waals surface area contributed by atoms with Gasteiger partial charge < -0.3 is 5.32 Å². The van der Waals surface area contributed by atoms with Gasteiger partial charge in [-0.3, -0.25) is 14.6 Å². The van der Waals surface area contributed by atoms with E-state index < -0.39 is 17.7 Å². The van der Waals surface area contributed by atoms with Gasteiger partial charge in [0.05, 0.1) is 5.92 Å². The first-order valence-electron chi connectivity index (χ1n) is 10.1. The van der Waals surface area contributed by atoms with Gasteiger partial charge in [-0.1, -0.05) is 25.1 Å². The minimum absolute atomic E-state index is 0.0134. The molecule has 154 valence electrons. The number of amides is 1. The summed E-state index contributed by atoms with van der Waals surface area (Å²) >= 11 is 0. The lowest BCUT2D eigenvalue weighted by Crippen LogP contribution is -2.40. The average molecular weight is 405 g/mol. The average Bonchev–Trinajstić information content (AvgIpc) is 2.68. The molecule has 1 amide bonds. The Morgan fingerprint density at radius 2 is 1.97 bits per heavy atom. The van der Waals surface area contributed by atoms with Crippen LogP contribution in [0.2, 0.25) is 0 Å². The van der Waals surface area contributed by atoms with Crippen molar-refractivity contribution in [2.45, 2.75) is 39.5 Å². The van der Waals surface area contributed by atoms with Crippen molar-refractivity contribution in [3.8, 4) is 0 Å². The Morgan fingerprint density at radius 1 is 1.17 bits per heavy atom. The van der Waals surface area contributed by atoms with Gasteiger partial charge in [0.25, 0.3) is 0 Å². The number of allylic oxidation sites excluding steroid dienone is 2. The Kier molecular flexibility index (Phi) is 5.33. The van der Waals surface area contributed by atoms with Crippen LogP contribution in [0.3, 0.4) is 0 Å². The van der Waals surface area contributed by atoms with Gasteiger partial charge in [0.15, 0.2) is 5.78 Å². The number of nitrogens with zero attached hydrogens (tertiary/aromatic N) is 2. The highest BCUT2D eigenvalue weighted by Gasteiger charge is 2.43. The highest BCUT2D eigenvalue weighted by molar-refractivity contribution is 6.13. The second-order valence-electron chi connectivity index (χ2n) is 8.27. The summed E-state index contributed by atoms with van der Waals surface area (Å²) < 4.78 is 14.1. The molecule has 0 spiro atoms. The molecule has 2 aromatic rings. The monoisotopic (exact) mass is 405 g/mol. The highest BCUT2D eigenvalue weighted by atomic mass is 19.1. The molecule has 0 radical (unpaired) electrons. The zero-order valence-corrected chi connectivity index (χ0v) is 17.3. The normalized spacial score (nSPS) is 23.7. The predicted molar refractivity (Wildman–Crippen MR) is 114 cm³/mol. The van der Waals surface area contributed by atoms with Gasteiger partial charge in [-0.05, 0) is 55.5 Å². The maximum absolute atomic E-state index is 14.1. The molecule has 0 saturated carbocycles. The molecule has 1 aliphatic heterocycles. The third kappa shape index (κ3) is 3.82. The van der Waals surface area contributed by atoms with E-state index in [-0.39, 0.29) is 17.6 Å². The molecule has 30 heavy (non-hydrogen) atoms. The minimum atomic E-state index is -0.717. The number of carbonyl (C=O) groups excluding carboxylic acids is 2. The minimum Gasteiger partial charge on any atom is -0.310 e. The van der Waals surface area contributed by atoms with Crippen molar-refractivity contribution in [1.29, 1.82) is 0 Å². The van der Waals surface area contributed by atoms with Crippen LogP contribution < -0.4 is 5.32 Å². The molecule has 2 aliphatic rings. The van der Waals surface area contributed by atoms with Gasteiger partial charge in [-0.25, -0.2) is 9.37 Å². The predicted octanol–water partition coefficient (Wildman–Crippen LogP) is 4.60. The third-order valence-electron chi connectivity index (χ3n) is 5.75. The number of halogens is 1. The first-order valence-corrected chi connectivity index (χ1v) is 10.1. The van der Waals surface area contributed by atoms with E-state index in [1.807, 2.05) is 19.9 Å². The topological polar surface area (TPSA) is 71.4 Å². The smallest absolute Gasteiger partial charge is 0.235 e. The van der Waals surface area contributed by atoms with Gasteiger partial charge in [0.1, 0.15) is 11.6 Å². The van der Waals surface area contributed by atoms with Crippen LogP contribution in [-0.4, -0.2) is 22.4 Å². The quantitative estimate of drug-likeness (QED) is 0.812. The summed E-state index contributed by atoms with van der Waals surface area (Å²) in [5.41, 5.74) is 3.48. The van der Waals surface area contributed by atoms with Crippen molar-refractivity contribution >= 4 is 23.2 Å². The Balaban J connectivity index is 1.78. The summed E-state index contributed by atoms with van der Waals surface area (Å²) in [6.07, 6.45) is 2.76. The molecule has 0 saturated heterocycles. The fraction of sp³-hybridized carbons (Fsp3) is 0.333. The zero-order valence-electron chi connectivity index (χ0n) is 17.3. The van der Waals surface area contributed by atoms with Gasteiger partial charge in [0.2, 0.25) is 5.91 Å². The van der Waals surface area contributed by atoms with E-state index in [2.05, 4.69) is 15.3 Å². The van der Waals surface area contributed by atoms with E-state index >= 15 is 0 Å². The van der Waals surface area contributed by atoms with Crippen molar-refractivity contribution < 1.29 is 14.0 Å². The van der Waals surface area contributed by atoms with Crippen molar-refractivity contribution in [2.75, 3.05) is 5.32 Å². The standard InChI is InChI=1S/C24H24FN3O2/c1-13-7-8-20(26-12-13)28-24(30)21-15(3)27-18-9-14(2)10-19(29)23(18)22(21)16-5-4-6-17(25)11-16/h4-8,11-12,14,21-22H,9-10H2,1-3H3,(H,26,28,30)/t14-,21?,22+/m0/s1. The van der Waals surface area contributed by atoms with Crippen molar-refractivity contribution in [1.82, 2.24) is 4.98 Å². The molecule has 1 unspecified atom stereocenters. The van der Waals surface area contributed by atoms with E-state index in [1.165, 1.54) is 12.1 Å². The molecular formula is C24H24FN3O2. The molecule has 0 bridgehead atoms. The summed E-state index contributed by atoms with van der Waals surface area (Å²) in [6, 6.07) is 9.74. The van der Waals surface area contributed by atoms with Gasteiger partial charge in [-0.2, -0.15) is 0 Å². The summed E-state index contributed by atoms with van der Waals surface area (Å²) in [7, 11) is 0. The number of benzene rings is 1. The van der Waals surface area contributed by atoms with Crippen molar-refractivity contribution in [3.63, 3.8) is 0 Å². The summed E-state index contributed by atoms with van der Waals surface area (Å²) in [5.74, 6) is -1.38. The van der Waals surface area contributed by atoms with Gasteiger partial charge in [0, 0.05) is 35.5 Å².